The number of hydrogen-bond donors (Lipinski definition) is 2. The van der Waals surface area contributed by atoms with Crippen LogP contribution in [0.15, 0.2) is 46.9 Å². The summed E-state index contributed by atoms with van der Waals surface area (Å²) in [6.45, 7) is 2.06. The predicted octanol–water partition coefficient (Wildman–Crippen LogP) is 4.14. The van der Waals surface area contributed by atoms with Gasteiger partial charge in [0, 0.05) is 21.4 Å². The lowest BCUT2D eigenvalue weighted by atomic mass is 10.1. The summed E-state index contributed by atoms with van der Waals surface area (Å²) in [4.78, 5) is 0.388. The fourth-order valence-corrected chi connectivity index (χ4v) is 2.23. The van der Waals surface area contributed by atoms with Gasteiger partial charge < -0.3 is 11.1 Å². The number of benzene rings is 2. The van der Waals surface area contributed by atoms with Crippen molar-refractivity contribution in [3.8, 4) is 0 Å². The Hall–Kier alpha value is -1.39. The summed E-state index contributed by atoms with van der Waals surface area (Å²) in [5, 5.41) is 3.37. The number of halogens is 1. The first-order valence-electron chi connectivity index (χ1n) is 5.50. The molecule has 0 aliphatic heterocycles. The molecule has 0 spiro atoms. The molecule has 92 valence electrons. The number of hydrogen-bond acceptors (Lipinski definition) is 2. The molecule has 0 aliphatic carbocycles. The molecular weight excluding hydrogens is 308 g/mol. The lowest BCUT2D eigenvalue weighted by Crippen LogP contribution is -2.12. The summed E-state index contributed by atoms with van der Waals surface area (Å²) in [5.74, 6) is 0. The van der Waals surface area contributed by atoms with Crippen LogP contribution < -0.4 is 11.1 Å². The van der Waals surface area contributed by atoms with Crippen molar-refractivity contribution in [3.63, 3.8) is 0 Å². The molecule has 0 atom stereocenters. The van der Waals surface area contributed by atoms with Gasteiger partial charge >= 0.3 is 0 Å². The number of nitrogens with two attached hydrogens (primary N) is 1. The molecule has 18 heavy (non-hydrogen) atoms. The van der Waals surface area contributed by atoms with Gasteiger partial charge in [0.25, 0.3) is 0 Å². The first-order valence-corrected chi connectivity index (χ1v) is 6.70. The minimum atomic E-state index is 0.388. The van der Waals surface area contributed by atoms with Crippen LogP contribution in [0.25, 0.3) is 0 Å². The van der Waals surface area contributed by atoms with Gasteiger partial charge in [-0.05, 0) is 36.8 Å². The molecule has 0 unspecified atom stereocenters. The van der Waals surface area contributed by atoms with Gasteiger partial charge in [-0.1, -0.05) is 46.3 Å². The van der Waals surface area contributed by atoms with Crippen molar-refractivity contribution >= 4 is 44.5 Å². The number of thiocarbonyl (C=S) groups is 1. The lowest BCUT2D eigenvalue weighted by molar-refractivity contribution is 1.42. The van der Waals surface area contributed by atoms with Crippen LogP contribution in [0.4, 0.5) is 11.4 Å². The molecule has 3 N–H and O–H groups in total. The number of rotatable bonds is 3. The first-order chi connectivity index (χ1) is 8.58. The van der Waals surface area contributed by atoms with E-state index in [4.69, 9.17) is 18.0 Å². The molecule has 0 aromatic heterocycles. The second kappa shape index (κ2) is 5.50. The number of anilines is 2. The highest BCUT2D eigenvalue weighted by atomic mass is 79.9. The monoisotopic (exact) mass is 320 g/mol. The molecule has 0 bridgehead atoms. The highest BCUT2D eigenvalue weighted by Crippen LogP contribution is 2.26. The van der Waals surface area contributed by atoms with Gasteiger partial charge in [0.15, 0.2) is 0 Å². The van der Waals surface area contributed by atoms with E-state index < -0.39 is 0 Å². The summed E-state index contributed by atoms with van der Waals surface area (Å²) < 4.78 is 0.985. The van der Waals surface area contributed by atoms with E-state index >= 15 is 0 Å². The van der Waals surface area contributed by atoms with E-state index in [0.29, 0.717) is 4.99 Å². The first kappa shape index (κ1) is 13.1. The molecule has 4 heteroatoms. The zero-order valence-electron chi connectivity index (χ0n) is 9.91. The standard InChI is InChI=1S/C14H13BrN2S/c1-9-4-2-3-5-12(9)17-13-8-10(15)6-7-11(13)14(16)18/h2-8,17H,1H3,(H2,16,18). The van der Waals surface area contributed by atoms with Gasteiger partial charge in [-0.2, -0.15) is 0 Å². The molecule has 0 radical (unpaired) electrons. The smallest absolute Gasteiger partial charge is 0.106 e. The Bertz CT molecular complexity index is 596. The van der Waals surface area contributed by atoms with E-state index in [9.17, 15) is 0 Å². The van der Waals surface area contributed by atoms with E-state index in [0.717, 1.165) is 21.4 Å². The van der Waals surface area contributed by atoms with Gasteiger partial charge in [-0.3, -0.25) is 0 Å². The summed E-state index contributed by atoms with van der Waals surface area (Å²) in [6, 6.07) is 13.9. The van der Waals surface area contributed by atoms with E-state index in [-0.39, 0.29) is 0 Å². The molecule has 0 amide bonds. The van der Waals surface area contributed by atoms with Crippen LogP contribution in [0.2, 0.25) is 0 Å². The Morgan fingerprint density at radius 1 is 1.17 bits per heavy atom. The van der Waals surface area contributed by atoms with Crippen LogP contribution in [0.5, 0.6) is 0 Å². The summed E-state index contributed by atoms with van der Waals surface area (Å²) in [7, 11) is 0. The fraction of sp³-hybridized carbons (Fsp3) is 0.0714. The van der Waals surface area contributed by atoms with Crippen LogP contribution in [0.3, 0.4) is 0 Å². The average molecular weight is 321 g/mol. The second-order valence-corrected chi connectivity index (χ2v) is 5.35. The van der Waals surface area contributed by atoms with Crippen LogP contribution in [0.1, 0.15) is 11.1 Å². The Morgan fingerprint density at radius 2 is 1.89 bits per heavy atom. The molecule has 2 nitrogen and oxygen atoms in total. The van der Waals surface area contributed by atoms with Gasteiger partial charge in [-0.25, -0.2) is 0 Å². The maximum atomic E-state index is 5.73. The molecule has 0 aliphatic rings. The van der Waals surface area contributed by atoms with Crippen LogP contribution >= 0.6 is 28.1 Å². The van der Waals surface area contributed by atoms with Gasteiger partial charge in [0.1, 0.15) is 4.99 Å². The average Bonchev–Trinajstić information content (AvgIpc) is 2.32. The quantitative estimate of drug-likeness (QED) is 0.835. The summed E-state index contributed by atoms with van der Waals surface area (Å²) in [5.41, 5.74) is 9.71. The predicted molar refractivity (Wildman–Crippen MR) is 84.5 cm³/mol. The second-order valence-electron chi connectivity index (χ2n) is 3.99. The fourth-order valence-electron chi connectivity index (χ4n) is 1.69. The van der Waals surface area contributed by atoms with Crippen molar-refractivity contribution in [2.45, 2.75) is 6.92 Å². The third-order valence-electron chi connectivity index (χ3n) is 2.66. The third-order valence-corrected chi connectivity index (χ3v) is 3.37. The summed E-state index contributed by atoms with van der Waals surface area (Å²) >= 11 is 8.52. The van der Waals surface area contributed by atoms with Crippen molar-refractivity contribution in [3.05, 3.63) is 58.1 Å². The molecule has 0 fully saturated rings. The molecule has 2 rings (SSSR count). The zero-order chi connectivity index (χ0) is 13.1. The topological polar surface area (TPSA) is 38.0 Å². The van der Waals surface area contributed by atoms with Crippen molar-refractivity contribution in [2.75, 3.05) is 5.32 Å². The van der Waals surface area contributed by atoms with Crippen LogP contribution in [0, 0.1) is 6.92 Å². The zero-order valence-corrected chi connectivity index (χ0v) is 12.3. The minimum absolute atomic E-state index is 0.388. The minimum Gasteiger partial charge on any atom is -0.389 e. The van der Waals surface area contributed by atoms with Crippen molar-refractivity contribution in [2.24, 2.45) is 5.73 Å². The molecule has 2 aromatic carbocycles. The SMILES string of the molecule is Cc1ccccc1Nc1cc(Br)ccc1C(N)=S. The van der Waals surface area contributed by atoms with E-state index in [1.54, 1.807) is 0 Å². The molecule has 2 aromatic rings. The number of aryl methyl sites for hydroxylation is 1. The molecule has 0 saturated carbocycles. The van der Waals surface area contributed by atoms with Gasteiger partial charge in [0.05, 0.1) is 0 Å². The Kier molecular flexibility index (Phi) is 3.99. The Morgan fingerprint density at radius 3 is 2.56 bits per heavy atom. The maximum absolute atomic E-state index is 5.73. The van der Waals surface area contributed by atoms with E-state index in [1.165, 1.54) is 5.56 Å². The van der Waals surface area contributed by atoms with Crippen LogP contribution in [-0.4, -0.2) is 4.99 Å². The molecule has 0 saturated heterocycles. The van der Waals surface area contributed by atoms with Crippen molar-refractivity contribution in [1.29, 1.82) is 0 Å². The van der Waals surface area contributed by atoms with Crippen molar-refractivity contribution < 1.29 is 0 Å². The van der Waals surface area contributed by atoms with Crippen LogP contribution in [-0.2, 0) is 0 Å². The Labute approximate surface area is 120 Å². The maximum Gasteiger partial charge on any atom is 0.106 e. The molecular formula is C14H13BrN2S. The highest BCUT2D eigenvalue weighted by molar-refractivity contribution is 9.10. The molecule has 0 heterocycles. The van der Waals surface area contributed by atoms with Crippen molar-refractivity contribution in [1.82, 2.24) is 0 Å². The lowest BCUT2D eigenvalue weighted by Gasteiger charge is -2.13. The van der Waals surface area contributed by atoms with Gasteiger partial charge in [0.2, 0.25) is 0 Å². The Balaban J connectivity index is 2.42. The highest BCUT2D eigenvalue weighted by Gasteiger charge is 2.07. The normalized spacial score (nSPS) is 10.1. The van der Waals surface area contributed by atoms with E-state index in [2.05, 4.69) is 34.2 Å². The van der Waals surface area contributed by atoms with Gasteiger partial charge in [-0.15, -0.1) is 0 Å². The third kappa shape index (κ3) is 2.89. The summed E-state index contributed by atoms with van der Waals surface area (Å²) in [6.07, 6.45) is 0. The van der Waals surface area contributed by atoms with E-state index in [1.807, 2.05) is 36.4 Å². The number of para-hydroxylation sites is 1. The largest absolute Gasteiger partial charge is 0.389 e. The number of nitrogens with one attached hydrogen (secondary N) is 1.